The van der Waals surface area contributed by atoms with Crippen molar-refractivity contribution in [2.75, 3.05) is 0 Å². The van der Waals surface area contributed by atoms with Crippen LogP contribution in [0.1, 0.15) is 13.8 Å². The van der Waals surface area contributed by atoms with Gasteiger partial charge in [-0.3, -0.25) is 0 Å². The molecule has 0 rings (SSSR count). The molecule has 1 nitrogen and oxygen atoms in total. The minimum absolute atomic E-state index is 0.371. The lowest BCUT2D eigenvalue weighted by Gasteiger charge is -1.98. The minimum atomic E-state index is 0.371. The lowest BCUT2D eigenvalue weighted by molar-refractivity contribution is 0.721. The molecule has 0 heterocycles. The fourth-order valence-corrected chi connectivity index (χ4v) is 0.690. The molecule has 0 aliphatic rings. The Labute approximate surface area is 86.9 Å². The summed E-state index contributed by atoms with van der Waals surface area (Å²) in [4.78, 5) is 0. The van der Waals surface area contributed by atoms with E-state index in [-0.39, 0.29) is 0 Å². The number of allylic oxidation sites excluding steroid dienone is 6. The lowest BCUT2D eigenvalue weighted by Crippen LogP contribution is -2.15. The molecule has 0 aromatic carbocycles. The van der Waals surface area contributed by atoms with Crippen molar-refractivity contribution in [3.8, 4) is 12.0 Å². The maximum absolute atomic E-state index is 3.63. The van der Waals surface area contributed by atoms with Crippen molar-refractivity contribution in [1.29, 1.82) is 0 Å². The third-order valence-electron chi connectivity index (χ3n) is 1.28. The van der Waals surface area contributed by atoms with Crippen LogP contribution >= 0.6 is 0 Å². The van der Waals surface area contributed by atoms with Gasteiger partial charge < -0.3 is 5.32 Å². The molecule has 74 valence electrons. The largest absolute Gasteiger partial charge is 0.343 e. The maximum atomic E-state index is 3.63. The molecule has 0 radical (unpaired) electrons. The van der Waals surface area contributed by atoms with Crippen molar-refractivity contribution in [2.24, 2.45) is 0 Å². The second-order valence-electron chi connectivity index (χ2n) is 3.00. The summed E-state index contributed by atoms with van der Waals surface area (Å²) in [6.45, 7) is 11.3. The van der Waals surface area contributed by atoms with E-state index in [9.17, 15) is 0 Å². The summed E-state index contributed by atoms with van der Waals surface area (Å²) in [5.74, 6) is 2.98. The van der Waals surface area contributed by atoms with Gasteiger partial charge in [0.1, 0.15) is 0 Å². The van der Waals surface area contributed by atoms with E-state index in [1.807, 2.05) is 32.1 Å². The minimum Gasteiger partial charge on any atom is -0.343 e. The molecule has 0 unspecified atom stereocenters. The third-order valence-corrected chi connectivity index (χ3v) is 1.28. The highest BCUT2D eigenvalue weighted by Crippen LogP contribution is 1.95. The van der Waals surface area contributed by atoms with Crippen molar-refractivity contribution >= 4 is 0 Å². The van der Waals surface area contributed by atoms with Crippen molar-refractivity contribution in [3.63, 3.8) is 0 Å². The van der Waals surface area contributed by atoms with E-state index in [2.05, 4.69) is 30.4 Å². The van der Waals surface area contributed by atoms with E-state index in [0.717, 1.165) is 5.57 Å². The summed E-state index contributed by atoms with van der Waals surface area (Å²) in [6, 6.07) is 3.25. The Bertz CT molecular complexity index is 295. The van der Waals surface area contributed by atoms with E-state index in [4.69, 9.17) is 0 Å². The zero-order chi connectivity index (χ0) is 10.8. The van der Waals surface area contributed by atoms with Crippen LogP contribution in [-0.2, 0) is 0 Å². The van der Waals surface area contributed by atoms with Crippen LogP contribution in [0, 0.1) is 12.0 Å². The summed E-state index contributed by atoms with van der Waals surface area (Å²) >= 11 is 0. The van der Waals surface area contributed by atoms with Gasteiger partial charge in [-0.05, 0) is 31.9 Å². The molecule has 0 saturated carbocycles. The molecular weight excluding hydrogens is 170 g/mol. The molecule has 1 N–H and O–H groups in total. The van der Waals surface area contributed by atoms with E-state index >= 15 is 0 Å². The molecule has 0 aromatic heterocycles. The van der Waals surface area contributed by atoms with Crippen LogP contribution in [0.2, 0.25) is 0 Å². The predicted octanol–water partition coefficient (Wildman–Crippen LogP) is 2.80. The first-order valence-corrected chi connectivity index (χ1v) is 4.59. The van der Waals surface area contributed by atoms with E-state index in [1.54, 1.807) is 12.2 Å². The first-order valence-electron chi connectivity index (χ1n) is 4.59. The van der Waals surface area contributed by atoms with Crippen LogP contribution < -0.4 is 5.32 Å². The molecule has 0 spiro atoms. The summed E-state index contributed by atoms with van der Waals surface area (Å²) in [6.07, 6.45) is 9.03. The fourth-order valence-electron chi connectivity index (χ4n) is 0.690. The second-order valence-corrected chi connectivity index (χ2v) is 3.00. The zero-order valence-electron chi connectivity index (χ0n) is 8.88. The van der Waals surface area contributed by atoms with E-state index < -0.39 is 0 Å². The highest BCUT2D eigenvalue weighted by Gasteiger charge is 1.84. The van der Waals surface area contributed by atoms with Gasteiger partial charge in [-0.15, -0.1) is 0 Å². The van der Waals surface area contributed by atoms with Crippen LogP contribution in [0.15, 0.2) is 49.1 Å². The molecule has 0 bridgehead atoms. The summed E-state index contributed by atoms with van der Waals surface area (Å²) in [7, 11) is 0. The smallest absolute Gasteiger partial charge is 0.0284 e. The van der Waals surface area contributed by atoms with Gasteiger partial charge in [0.25, 0.3) is 0 Å². The quantitative estimate of drug-likeness (QED) is 0.405. The van der Waals surface area contributed by atoms with Gasteiger partial charge in [0.2, 0.25) is 0 Å². The predicted molar refractivity (Wildman–Crippen MR) is 63.7 cm³/mol. The second kappa shape index (κ2) is 7.94. The average Bonchev–Trinajstić information content (AvgIpc) is 2.13. The normalized spacial score (nSPS) is 10.9. The molecule has 0 amide bonds. The Balaban J connectivity index is 4.42. The number of hydrogen-bond donors (Lipinski definition) is 1. The molecule has 0 aromatic rings. The van der Waals surface area contributed by atoms with Gasteiger partial charge in [-0.25, -0.2) is 0 Å². The topological polar surface area (TPSA) is 12.0 Å². The van der Waals surface area contributed by atoms with E-state index in [1.165, 1.54) is 0 Å². The molecular formula is C13H17N. The Morgan fingerprint density at radius 2 is 2.00 bits per heavy atom. The highest BCUT2D eigenvalue weighted by molar-refractivity contribution is 5.40. The van der Waals surface area contributed by atoms with Crippen molar-refractivity contribution in [1.82, 2.24) is 5.32 Å². The fraction of sp³-hybridized carbons (Fsp3) is 0.231. The number of hydrogen-bond acceptors (Lipinski definition) is 1. The van der Waals surface area contributed by atoms with E-state index in [0.29, 0.717) is 6.04 Å². The van der Waals surface area contributed by atoms with Crippen LogP contribution in [0.25, 0.3) is 0 Å². The zero-order valence-corrected chi connectivity index (χ0v) is 8.88. The van der Waals surface area contributed by atoms with Crippen molar-refractivity contribution in [2.45, 2.75) is 19.9 Å². The van der Waals surface area contributed by atoms with Crippen LogP contribution in [-0.4, -0.2) is 6.04 Å². The number of rotatable bonds is 4. The molecule has 1 heteroatoms. The Hall–Kier alpha value is -1.68. The average molecular weight is 187 g/mol. The van der Waals surface area contributed by atoms with Crippen LogP contribution in [0.3, 0.4) is 0 Å². The van der Waals surface area contributed by atoms with Gasteiger partial charge >= 0.3 is 0 Å². The lowest BCUT2D eigenvalue weighted by atomic mass is 10.2. The van der Waals surface area contributed by atoms with Gasteiger partial charge in [-0.1, -0.05) is 31.4 Å². The molecule has 14 heavy (non-hydrogen) atoms. The summed E-state index contributed by atoms with van der Waals surface area (Å²) in [5, 5.41) is 3.01. The Morgan fingerprint density at radius 1 is 1.29 bits per heavy atom. The summed E-state index contributed by atoms with van der Waals surface area (Å²) in [5.41, 5.74) is 0.910. The van der Waals surface area contributed by atoms with Gasteiger partial charge in [0.05, 0.1) is 0 Å². The monoisotopic (exact) mass is 187 g/mol. The van der Waals surface area contributed by atoms with Crippen LogP contribution in [0.5, 0.6) is 0 Å². The molecule has 0 aliphatic heterocycles. The molecule has 0 atom stereocenters. The molecule has 0 saturated heterocycles. The highest BCUT2D eigenvalue weighted by atomic mass is 14.8. The van der Waals surface area contributed by atoms with Gasteiger partial charge in [0.15, 0.2) is 0 Å². The van der Waals surface area contributed by atoms with Crippen LogP contribution in [0.4, 0.5) is 0 Å². The number of nitrogens with one attached hydrogen (secondary N) is 1. The first-order chi connectivity index (χ1) is 6.70. The van der Waals surface area contributed by atoms with Crippen molar-refractivity contribution in [3.05, 3.63) is 49.1 Å². The maximum Gasteiger partial charge on any atom is 0.0284 e. The first kappa shape index (κ1) is 12.3. The van der Waals surface area contributed by atoms with Crippen molar-refractivity contribution < 1.29 is 0 Å². The molecule has 0 aliphatic carbocycles. The SMILES string of the molecule is C=C/C=C\C(C#CNC(C)C)=C/C=C. The summed E-state index contributed by atoms with van der Waals surface area (Å²) < 4.78 is 0. The standard InChI is InChI=1S/C13H17N/c1-5-7-9-13(8-6-2)10-11-14-12(3)4/h5-9,12,14H,1-2H2,3-4H3/b9-7-,13-8+. The third kappa shape index (κ3) is 7.00. The molecule has 0 fully saturated rings. The Morgan fingerprint density at radius 3 is 2.50 bits per heavy atom. The van der Waals surface area contributed by atoms with Gasteiger partial charge in [0, 0.05) is 17.7 Å². The van der Waals surface area contributed by atoms with Gasteiger partial charge in [-0.2, -0.15) is 0 Å². The Kier molecular flexibility index (Phi) is 6.99.